The van der Waals surface area contributed by atoms with Gasteiger partial charge in [0.2, 0.25) is 11.0 Å². The molecule has 10 nitrogen and oxygen atoms in total. The zero-order chi connectivity index (χ0) is 30.5. The van der Waals surface area contributed by atoms with Crippen molar-refractivity contribution >= 4 is 39.9 Å². The Morgan fingerprint density at radius 1 is 1.21 bits per heavy atom. The molecule has 1 aliphatic heterocycles. The third-order valence-electron chi connectivity index (χ3n) is 7.23. The van der Waals surface area contributed by atoms with Crippen molar-refractivity contribution in [3.63, 3.8) is 0 Å². The van der Waals surface area contributed by atoms with Gasteiger partial charge < -0.3 is 20.5 Å². The number of benzene rings is 2. The Hall–Kier alpha value is -4.41. The molecule has 2 aromatic carbocycles. The van der Waals surface area contributed by atoms with E-state index >= 15 is 0 Å². The molecular weight excluding hydrogens is 592 g/mol. The van der Waals surface area contributed by atoms with Crippen molar-refractivity contribution in [2.24, 2.45) is 5.73 Å². The number of methoxy groups -OCH3 is 2. The van der Waals surface area contributed by atoms with E-state index in [1.54, 1.807) is 37.3 Å². The lowest BCUT2D eigenvalue weighted by Crippen LogP contribution is -2.38. The second-order valence-corrected chi connectivity index (χ2v) is 11.9. The summed E-state index contributed by atoms with van der Waals surface area (Å²) in [5.74, 6) is -0.241. The van der Waals surface area contributed by atoms with Crippen LogP contribution in [0.5, 0.6) is 11.5 Å². The van der Waals surface area contributed by atoms with E-state index < -0.39 is 11.7 Å². The van der Waals surface area contributed by atoms with Crippen LogP contribution in [0.15, 0.2) is 69.5 Å². The topological polar surface area (TPSA) is 143 Å². The smallest absolute Gasteiger partial charge is 0.230 e. The first-order valence-corrected chi connectivity index (χ1v) is 15.3. The molecule has 1 atom stereocenters. The van der Waals surface area contributed by atoms with E-state index in [0.717, 1.165) is 5.56 Å². The van der Waals surface area contributed by atoms with E-state index in [1.807, 2.05) is 18.2 Å². The molecule has 0 radical (unpaired) electrons. The molecule has 1 aliphatic carbocycles. The second kappa shape index (κ2) is 13.3. The van der Waals surface area contributed by atoms with Crippen molar-refractivity contribution in [1.82, 2.24) is 15.5 Å². The van der Waals surface area contributed by atoms with E-state index in [1.165, 1.54) is 29.2 Å². The fourth-order valence-electron chi connectivity index (χ4n) is 5.24. The lowest BCUT2D eigenvalue weighted by atomic mass is 9.75. The van der Waals surface area contributed by atoms with Gasteiger partial charge in [0.05, 0.1) is 37.5 Å². The van der Waals surface area contributed by atoms with Crippen molar-refractivity contribution in [3.05, 3.63) is 82.1 Å². The van der Waals surface area contributed by atoms with E-state index in [-0.39, 0.29) is 34.4 Å². The summed E-state index contributed by atoms with van der Waals surface area (Å²) in [7, 11) is 3.15. The van der Waals surface area contributed by atoms with Crippen molar-refractivity contribution in [3.8, 4) is 17.6 Å². The molecule has 2 heterocycles. The largest absolute Gasteiger partial charge is 0.493 e. The van der Waals surface area contributed by atoms with Gasteiger partial charge in [-0.3, -0.25) is 14.5 Å². The number of nitrogens with one attached hydrogen (secondary N) is 1. The van der Waals surface area contributed by atoms with E-state index in [4.69, 9.17) is 15.2 Å². The average Bonchev–Trinajstić information content (AvgIpc) is 3.48. The standard InChI is InChI=1S/C30H29FN6O4S2/c1-40-23-11-10-17(14-24(23)41-2)12-13-34-25(39)16-42-30-36-35-29(43-30)37-21-8-5-9-22(38)27(21)26(19(15-32)28(37)33)18-6-3-4-7-20(18)31/h3-4,6-7,10-11,14,26H,5,8-9,12-13,16,33H2,1-2H3,(H,34,39). The molecule has 1 unspecified atom stereocenters. The molecule has 2 aliphatic rings. The number of nitrogens with zero attached hydrogens (tertiary/aromatic N) is 4. The van der Waals surface area contributed by atoms with Gasteiger partial charge in [0.15, 0.2) is 21.6 Å². The Morgan fingerprint density at radius 2 is 2.00 bits per heavy atom. The Morgan fingerprint density at radius 3 is 2.74 bits per heavy atom. The molecular formula is C30H29FN6O4S2. The maximum Gasteiger partial charge on any atom is 0.230 e. The van der Waals surface area contributed by atoms with Crippen molar-refractivity contribution in [2.75, 3.05) is 31.4 Å². The minimum Gasteiger partial charge on any atom is -0.493 e. The number of carbonyl (C=O) groups excluding carboxylic acids is 2. The van der Waals surface area contributed by atoms with Crippen LogP contribution in [0, 0.1) is 17.1 Å². The van der Waals surface area contributed by atoms with Crippen LogP contribution >= 0.6 is 23.1 Å². The number of amides is 1. The highest BCUT2D eigenvalue weighted by atomic mass is 32.2. The Kier molecular flexibility index (Phi) is 9.27. The number of hydrogen-bond acceptors (Lipinski definition) is 11. The van der Waals surface area contributed by atoms with Crippen LogP contribution in [-0.2, 0) is 16.0 Å². The number of ketones is 1. The molecule has 0 saturated carbocycles. The first-order chi connectivity index (χ1) is 20.9. The van der Waals surface area contributed by atoms with Gasteiger partial charge in [0, 0.05) is 29.8 Å². The monoisotopic (exact) mass is 620 g/mol. The number of thioether (sulfide) groups is 1. The predicted molar refractivity (Wildman–Crippen MR) is 161 cm³/mol. The quantitative estimate of drug-likeness (QED) is 0.312. The fourth-order valence-corrected chi connectivity index (χ4v) is 6.95. The van der Waals surface area contributed by atoms with Gasteiger partial charge in [-0.2, -0.15) is 5.26 Å². The lowest BCUT2D eigenvalue weighted by molar-refractivity contribution is -0.118. The molecule has 3 aromatic rings. The Bertz CT molecular complexity index is 1660. The van der Waals surface area contributed by atoms with E-state index in [2.05, 4.69) is 21.6 Å². The van der Waals surface area contributed by atoms with Crippen molar-refractivity contribution in [2.45, 2.75) is 35.9 Å². The highest BCUT2D eigenvalue weighted by molar-refractivity contribution is 8.01. The molecule has 0 fully saturated rings. The first kappa shape index (κ1) is 30.1. The third-order valence-corrected chi connectivity index (χ3v) is 9.27. The van der Waals surface area contributed by atoms with Crippen molar-refractivity contribution < 1.29 is 23.5 Å². The van der Waals surface area contributed by atoms with E-state index in [9.17, 15) is 19.2 Å². The summed E-state index contributed by atoms with van der Waals surface area (Å²) in [6.07, 6.45) is 2.02. The van der Waals surface area contributed by atoms with Crippen LogP contribution in [0.25, 0.3) is 0 Å². The molecule has 43 heavy (non-hydrogen) atoms. The summed E-state index contributed by atoms with van der Waals surface area (Å²) < 4.78 is 26.0. The summed E-state index contributed by atoms with van der Waals surface area (Å²) in [5.41, 5.74) is 8.80. The highest BCUT2D eigenvalue weighted by Gasteiger charge is 2.42. The minimum absolute atomic E-state index is 0.0809. The van der Waals surface area contributed by atoms with Crippen molar-refractivity contribution in [1.29, 1.82) is 5.26 Å². The minimum atomic E-state index is -0.894. The maximum atomic E-state index is 14.9. The van der Waals surface area contributed by atoms with Gasteiger partial charge >= 0.3 is 0 Å². The molecule has 0 saturated heterocycles. The van der Waals surface area contributed by atoms with Crippen LogP contribution in [-0.4, -0.2) is 48.4 Å². The second-order valence-electron chi connectivity index (χ2n) is 9.77. The number of rotatable bonds is 10. The summed E-state index contributed by atoms with van der Waals surface area (Å²) in [4.78, 5) is 27.3. The zero-order valence-corrected chi connectivity index (χ0v) is 25.2. The van der Waals surface area contributed by atoms with Crippen LogP contribution in [0.4, 0.5) is 9.52 Å². The predicted octanol–water partition coefficient (Wildman–Crippen LogP) is 4.45. The molecule has 1 aromatic heterocycles. The molecule has 13 heteroatoms. The number of ether oxygens (including phenoxy) is 2. The number of hydrogen-bond donors (Lipinski definition) is 2. The Labute approximate surface area is 256 Å². The third kappa shape index (κ3) is 6.21. The molecule has 1 amide bonds. The summed E-state index contributed by atoms with van der Waals surface area (Å²) >= 11 is 2.42. The molecule has 0 spiro atoms. The summed E-state index contributed by atoms with van der Waals surface area (Å²) in [6, 6.07) is 13.8. The molecule has 222 valence electrons. The maximum absolute atomic E-state index is 14.9. The van der Waals surface area contributed by atoms with Gasteiger partial charge in [0.1, 0.15) is 11.6 Å². The average molecular weight is 621 g/mol. The first-order valence-electron chi connectivity index (χ1n) is 13.5. The number of aromatic nitrogens is 2. The number of Topliss-reactive ketones (excluding diaryl/α,β-unsaturated/α-hetero) is 1. The number of nitrogens with two attached hydrogens (primary N) is 1. The van der Waals surface area contributed by atoms with Gasteiger partial charge in [-0.05, 0) is 43.0 Å². The fraction of sp³-hybridized carbons (Fsp3) is 0.300. The zero-order valence-electron chi connectivity index (χ0n) is 23.6. The number of halogens is 1. The highest BCUT2D eigenvalue weighted by Crippen LogP contribution is 2.47. The number of allylic oxidation sites excluding steroid dienone is 3. The Balaban J connectivity index is 1.28. The normalized spacial score (nSPS) is 16.6. The lowest BCUT2D eigenvalue weighted by Gasteiger charge is -2.38. The number of carbonyl (C=O) groups is 2. The summed E-state index contributed by atoms with van der Waals surface area (Å²) in [5, 5.41) is 21.9. The van der Waals surface area contributed by atoms with Crippen LogP contribution in [0.3, 0.4) is 0 Å². The van der Waals surface area contributed by atoms with Crippen LogP contribution < -0.4 is 25.4 Å². The number of anilines is 1. The molecule has 5 rings (SSSR count). The van der Waals surface area contributed by atoms with Gasteiger partial charge in [-0.1, -0.05) is 47.4 Å². The van der Waals surface area contributed by atoms with Gasteiger partial charge in [-0.15, -0.1) is 10.2 Å². The molecule has 3 N–H and O–H groups in total. The summed E-state index contributed by atoms with van der Waals surface area (Å²) in [6.45, 7) is 0.441. The van der Waals surface area contributed by atoms with E-state index in [0.29, 0.717) is 64.5 Å². The SMILES string of the molecule is COc1ccc(CCNC(=O)CSc2nnc(N3C(N)=C(C#N)C(c4ccccc4F)C4=C3CCCC4=O)s2)cc1OC. The number of nitriles is 1. The van der Waals surface area contributed by atoms with Crippen LogP contribution in [0.2, 0.25) is 0 Å². The van der Waals surface area contributed by atoms with Gasteiger partial charge in [-0.25, -0.2) is 4.39 Å². The molecule has 0 bridgehead atoms. The van der Waals surface area contributed by atoms with Crippen LogP contribution in [0.1, 0.15) is 36.3 Å². The van der Waals surface area contributed by atoms with Gasteiger partial charge in [0.25, 0.3) is 0 Å².